The van der Waals surface area contributed by atoms with Crippen LogP contribution in [-0.2, 0) is 0 Å². The molecule has 0 saturated carbocycles. The van der Waals surface area contributed by atoms with Gasteiger partial charge >= 0.3 is 0 Å². The molecule has 0 nitrogen and oxygen atoms in total. The molecule has 0 aromatic carbocycles. The first-order valence-electron chi connectivity index (χ1n) is 3.13. The number of allylic oxidation sites excluding steroid dienone is 2. The van der Waals surface area contributed by atoms with Gasteiger partial charge in [-0.2, -0.15) is 0 Å². The van der Waals surface area contributed by atoms with Crippen LogP contribution in [0.4, 0.5) is 0 Å². The van der Waals surface area contributed by atoms with E-state index in [1.165, 1.54) is 0 Å². The van der Waals surface area contributed by atoms with Gasteiger partial charge in [0.15, 0.2) is 0 Å². The summed E-state index contributed by atoms with van der Waals surface area (Å²) in [6, 6.07) is 0. The molecule has 0 radical (unpaired) electrons. The first kappa shape index (κ1) is 8.04. The Balaban J connectivity index is 3.53. The van der Waals surface area contributed by atoms with Crippen LogP contribution in [0.2, 0.25) is 0 Å². The molecule has 48 valence electrons. The topological polar surface area (TPSA) is 0 Å². The molecule has 0 aromatic heterocycles. The second-order valence-corrected chi connectivity index (χ2v) is 1.55. The maximum Gasteiger partial charge on any atom is -0.00170 e. The van der Waals surface area contributed by atoms with E-state index in [1.54, 1.807) is 0 Å². The Bertz CT molecular complexity index is 140. The predicted octanol–water partition coefficient (Wildman–Crippen LogP) is 2.84. The van der Waals surface area contributed by atoms with Crippen LogP contribution in [0, 0.1) is 0 Å². The lowest BCUT2D eigenvalue weighted by atomic mass is 10.4. The Morgan fingerprint density at radius 3 is 1.78 bits per heavy atom. The van der Waals surface area contributed by atoms with Gasteiger partial charge in [-0.15, -0.1) is 11.5 Å². The maximum atomic E-state index is 2.97. The van der Waals surface area contributed by atoms with Crippen molar-refractivity contribution in [3.05, 3.63) is 35.8 Å². The molecule has 0 aliphatic carbocycles. The van der Waals surface area contributed by atoms with E-state index in [4.69, 9.17) is 0 Å². The van der Waals surface area contributed by atoms with Crippen LogP contribution in [0.15, 0.2) is 35.8 Å². The Hall–Kier alpha value is -0.960. The molecule has 0 amide bonds. The third-order valence-corrected chi connectivity index (χ3v) is 0.805. The van der Waals surface area contributed by atoms with E-state index < -0.39 is 0 Å². The smallest absolute Gasteiger partial charge is 0.00170 e. The van der Waals surface area contributed by atoms with E-state index >= 15 is 0 Å². The van der Waals surface area contributed by atoms with Crippen LogP contribution in [0.25, 0.3) is 0 Å². The van der Waals surface area contributed by atoms with Gasteiger partial charge < -0.3 is 0 Å². The largest absolute Gasteiger partial charge is 0.130 e. The van der Waals surface area contributed by atoms with Gasteiger partial charge in [0.25, 0.3) is 0 Å². The molecule has 0 fully saturated rings. The van der Waals surface area contributed by atoms with Crippen LogP contribution >= 0.6 is 0 Å². The molecule has 0 aromatic rings. The first-order valence-corrected chi connectivity index (χ1v) is 3.13. The molecule has 0 saturated heterocycles. The van der Waals surface area contributed by atoms with Crippen molar-refractivity contribution in [1.82, 2.24) is 0 Å². The Kier molecular flexibility index (Phi) is 6.29. The summed E-state index contributed by atoms with van der Waals surface area (Å²) in [5.41, 5.74) is 5.94. The van der Waals surface area contributed by atoms with Gasteiger partial charge in [-0.3, -0.25) is 0 Å². The predicted molar refractivity (Wildman–Crippen MR) is 41.3 cm³/mol. The van der Waals surface area contributed by atoms with Crippen molar-refractivity contribution in [2.24, 2.45) is 0 Å². The molecule has 0 heteroatoms. The van der Waals surface area contributed by atoms with Crippen molar-refractivity contribution in [2.45, 2.75) is 20.3 Å². The van der Waals surface area contributed by atoms with Crippen molar-refractivity contribution in [3.8, 4) is 0 Å². The van der Waals surface area contributed by atoms with Crippen molar-refractivity contribution in [3.63, 3.8) is 0 Å². The summed E-state index contributed by atoms with van der Waals surface area (Å²) in [5, 5.41) is 0. The second-order valence-electron chi connectivity index (χ2n) is 1.55. The van der Waals surface area contributed by atoms with Crippen LogP contribution in [0.5, 0.6) is 0 Å². The summed E-state index contributed by atoms with van der Waals surface area (Å²) >= 11 is 0. The van der Waals surface area contributed by atoms with E-state index in [0.29, 0.717) is 0 Å². The second kappa shape index (κ2) is 7.04. The van der Waals surface area contributed by atoms with Crippen LogP contribution < -0.4 is 0 Å². The van der Waals surface area contributed by atoms with Gasteiger partial charge in [-0.1, -0.05) is 0 Å². The summed E-state index contributed by atoms with van der Waals surface area (Å²) in [7, 11) is 0. The minimum absolute atomic E-state index is 0.925. The Morgan fingerprint density at radius 2 is 1.44 bits per heavy atom. The average molecular weight is 120 g/mol. The van der Waals surface area contributed by atoms with Crippen LogP contribution in [0.1, 0.15) is 20.3 Å². The summed E-state index contributed by atoms with van der Waals surface area (Å²) < 4.78 is 0. The molecule has 0 atom stereocenters. The summed E-state index contributed by atoms with van der Waals surface area (Å²) in [6.45, 7) is 3.91. The molecular formula is C9H12. The molecule has 0 N–H and O–H groups in total. The normalized spacial score (nSPS) is 6.44. The maximum absolute atomic E-state index is 2.97. The third-order valence-electron chi connectivity index (χ3n) is 0.805. The van der Waals surface area contributed by atoms with E-state index in [9.17, 15) is 0 Å². The Labute approximate surface area is 56.9 Å². The van der Waals surface area contributed by atoms with Gasteiger partial charge in [-0.05, 0) is 44.6 Å². The molecule has 0 unspecified atom stereocenters. The monoisotopic (exact) mass is 120 g/mol. The zero-order valence-corrected chi connectivity index (χ0v) is 6.02. The minimum atomic E-state index is 0.925. The zero-order valence-electron chi connectivity index (χ0n) is 6.02. The van der Waals surface area contributed by atoms with Crippen molar-refractivity contribution in [2.75, 3.05) is 0 Å². The fourth-order valence-corrected chi connectivity index (χ4v) is 0.431. The summed E-state index contributed by atoms with van der Waals surface area (Å²) in [4.78, 5) is 0. The number of hydrogen-bond acceptors (Lipinski definition) is 0. The van der Waals surface area contributed by atoms with E-state index in [0.717, 1.165) is 6.42 Å². The van der Waals surface area contributed by atoms with E-state index in [-0.39, 0.29) is 0 Å². The third kappa shape index (κ3) is 7.04. The fraction of sp³-hybridized carbons (Fsp3) is 0.333. The zero-order chi connectivity index (χ0) is 6.95. The summed E-state index contributed by atoms with van der Waals surface area (Å²) in [5.74, 6) is 0. The number of hydrogen-bond donors (Lipinski definition) is 0. The lowest BCUT2D eigenvalue weighted by Crippen LogP contribution is -1.49. The molecular weight excluding hydrogens is 108 g/mol. The Morgan fingerprint density at radius 1 is 1.00 bits per heavy atom. The molecule has 0 rings (SSSR count). The molecule has 0 aliphatic rings. The van der Waals surface area contributed by atoms with Crippen molar-refractivity contribution < 1.29 is 0 Å². The lowest BCUT2D eigenvalue weighted by Gasteiger charge is -1.69. The highest BCUT2D eigenvalue weighted by Crippen LogP contribution is 1.80. The van der Waals surface area contributed by atoms with E-state index in [2.05, 4.69) is 11.5 Å². The van der Waals surface area contributed by atoms with Crippen LogP contribution in [-0.4, -0.2) is 0 Å². The highest BCUT2D eigenvalue weighted by molar-refractivity contribution is 4.91. The van der Waals surface area contributed by atoms with Crippen molar-refractivity contribution >= 4 is 0 Å². The highest BCUT2D eigenvalue weighted by atomic mass is 13.7. The molecule has 0 aliphatic heterocycles. The van der Waals surface area contributed by atoms with Gasteiger partial charge in [0.05, 0.1) is 0 Å². The van der Waals surface area contributed by atoms with Gasteiger partial charge in [-0.25, -0.2) is 0 Å². The van der Waals surface area contributed by atoms with Crippen LogP contribution in [0.3, 0.4) is 0 Å². The van der Waals surface area contributed by atoms with Gasteiger partial charge in [0, 0.05) is 0 Å². The first-order chi connectivity index (χ1) is 4.41. The van der Waals surface area contributed by atoms with E-state index in [1.807, 2.05) is 38.2 Å². The number of rotatable bonds is 2. The summed E-state index contributed by atoms with van der Waals surface area (Å²) in [6.07, 6.45) is 8.65. The minimum Gasteiger partial charge on any atom is -0.130 e. The highest BCUT2D eigenvalue weighted by Gasteiger charge is 1.61. The van der Waals surface area contributed by atoms with Crippen molar-refractivity contribution in [1.29, 1.82) is 0 Å². The average Bonchev–Trinajstić information content (AvgIpc) is 1.89. The molecule has 9 heavy (non-hydrogen) atoms. The molecule has 0 heterocycles. The standard InChI is InChI=1S/C9H12/c1-3-5-7-9-8-6-4-2/h3-4,7-8H,9H2,1-2H3. The SMILES string of the molecule is CC=C=CCC=C=CC. The lowest BCUT2D eigenvalue weighted by molar-refractivity contribution is 1.40. The van der Waals surface area contributed by atoms with Gasteiger partial charge in [0.2, 0.25) is 0 Å². The molecule has 0 spiro atoms. The fourth-order valence-electron chi connectivity index (χ4n) is 0.431. The quantitative estimate of drug-likeness (QED) is 0.491. The van der Waals surface area contributed by atoms with Gasteiger partial charge in [0.1, 0.15) is 0 Å². The molecule has 0 bridgehead atoms.